The highest BCUT2D eigenvalue weighted by molar-refractivity contribution is 6.05. The van der Waals surface area contributed by atoms with Crippen LogP contribution in [0.2, 0.25) is 0 Å². The fourth-order valence-corrected chi connectivity index (χ4v) is 5.41. The largest absolute Gasteiger partial charge is 0.493 e. The molecule has 0 bridgehead atoms. The molecule has 1 aliphatic carbocycles. The first-order valence-corrected chi connectivity index (χ1v) is 13.5. The number of ether oxygens (including phenoxy) is 3. The lowest BCUT2D eigenvalue weighted by molar-refractivity contribution is -0.122. The fourth-order valence-electron chi connectivity index (χ4n) is 5.41. The van der Waals surface area contributed by atoms with Crippen LogP contribution in [0.5, 0.6) is 23.0 Å². The Hall–Kier alpha value is -5.32. The van der Waals surface area contributed by atoms with Crippen LogP contribution in [0.3, 0.4) is 0 Å². The van der Waals surface area contributed by atoms with Crippen LogP contribution in [0.4, 0.5) is 15.8 Å². The third kappa shape index (κ3) is 5.25. The third-order valence-corrected chi connectivity index (χ3v) is 7.76. The Balaban J connectivity index is 1.14. The van der Waals surface area contributed by atoms with Crippen LogP contribution in [0.1, 0.15) is 13.8 Å². The number of halogens is 1. The van der Waals surface area contributed by atoms with Gasteiger partial charge >= 0.3 is 0 Å². The molecule has 0 aliphatic heterocycles. The smallest absolute Gasteiger partial charge is 0.228 e. The van der Waals surface area contributed by atoms with Crippen molar-refractivity contribution < 1.29 is 28.2 Å². The average molecular weight is 582 g/mol. The maximum atomic E-state index is 15.2. The molecule has 0 saturated heterocycles. The van der Waals surface area contributed by atoms with Gasteiger partial charge in [0.25, 0.3) is 0 Å². The Morgan fingerprint density at radius 1 is 0.698 bits per heavy atom. The monoisotopic (exact) mass is 581 g/mol. The number of hydrogen-bond acceptors (Lipinski definition) is 8. The van der Waals surface area contributed by atoms with E-state index in [1.54, 1.807) is 61.1 Å². The molecule has 3 aromatic carbocycles. The zero-order chi connectivity index (χ0) is 30.3. The first-order chi connectivity index (χ1) is 20.7. The van der Waals surface area contributed by atoms with Crippen LogP contribution >= 0.6 is 0 Å². The number of benzene rings is 3. The topological polar surface area (TPSA) is 125 Å². The first-order valence-electron chi connectivity index (χ1n) is 13.5. The molecule has 5 aromatic rings. The lowest BCUT2D eigenvalue weighted by Gasteiger charge is -2.13. The Bertz CT molecular complexity index is 1900. The van der Waals surface area contributed by atoms with Gasteiger partial charge < -0.3 is 24.8 Å². The highest BCUT2D eigenvalue weighted by Gasteiger charge is 2.65. The molecule has 1 aliphatic rings. The number of aromatic nitrogens is 3. The number of carbonyl (C=O) groups is 2. The normalized spacial score (nSPS) is 16.9. The zero-order valence-corrected chi connectivity index (χ0v) is 23.8. The van der Waals surface area contributed by atoms with Crippen LogP contribution in [0, 0.1) is 23.1 Å². The molecule has 2 aromatic heterocycles. The molecular formula is C32H28FN5O5. The molecule has 6 rings (SSSR count). The van der Waals surface area contributed by atoms with Crippen molar-refractivity contribution in [3.63, 3.8) is 0 Å². The minimum Gasteiger partial charge on any atom is -0.493 e. The van der Waals surface area contributed by atoms with Gasteiger partial charge in [-0.05, 0) is 47.9 Å². The number of nitrogens with zero attached hydrogens (tertiary/aromatic N) is 3. The number of methoxy groups -OCH3 is 2. The van der Waals surface area contributed by atoms with Gasteiger partial charge in [0.2, 0.25) is 11.8 Å². The van der Waals surface area contributed by atoms with Crippen molar-refractivity contribution in [2.45, 2.75) is 13.8 Å². The maximum absolute atomic E-state index is 15.2. The number of pyridine rings is 1. The second kappa shape index (κ2) is 10.8. The van der Waals surface area contributed by atoms with Crippen molar-refractivity contribution in [3.8, 4) is 23.0 Å². The van der Waals surface area contributed by atoms with Crippen LogP contribution in [-0.4, -0.2) is 41.0 Å². The molecule has 43 heavy (non-hydrogen) atoms. The van der Waals surface area contributed by atoms with Gasteiger partial charge in [-0.15, -0.1) is 0 Å². The van der Waals surface area contributed by atoms with Gasteiger partial charge in [0.05, 0.1) is 42.6 Å². The number of anilines is 2. The minimum atomic E-state index is -0.674. The summed E-state index contributed by atoms with van der Waals surface area (Å²) >= 11 is 0. The van der Waals surface area contributed by atoms with E-state index in [0.29, 0.717) is 44.9 Å². The van der Waals surface area contributed by atoms with Gasteiger partial charge in [-0.3, -0.25) is 24.5 Å². The Kier molecular flexibility index (Phi) is 7.01. The van der Waals surface area contributed by atoms with Gasteiger partial charge in [-0.25, -0.2) is 4.39 Å². The summed E-state index contributed by atoms with van der Waals surface area (Å²) in [6.45, 7) is 3.71. The van der Waals surface area contributed by atoms with Crippen molar-refractivity contribution in [1.29, 1.82) is 0 Å². The lowest BCUT2D eigenvalue weighted by Crippen LogP contribution is -2.20. The summed E-state index contributed by atoms with van der Waals surface area (Å²) in [5, 5.41) is 6.24. The SMILES string of the molecule is COc1cc2nccc(Oc3ccc(NC(=O)[C@H]4[C@@H](C(=O)Nc5ccc6nccnc6c5)C4(C)C)cc3F)c2cc1OC. The molecule has 2 atom stereocenters. The third-order valence-electron chi connectivity index (χ3n) is 7.76. The highest BCUT2D eigenvalue weighted by atomic mass is 19.1. The molecule has 218 valence electrons. The van der Waals surface area contributed by atoms with Crippen LogP contribution in [-0.2, 0) is 9.59 Å². The Morgan fingerprint density at radius 2 is 1.30 bits per heavy atom. The molecular weight excluding hydrogens is 553 g/mol. The summed E-state index contributed by atoms with van der Waals surface area (Å²) in [6.07, 6.45) is 4.73. The number of hydrogen-bond donors (Lipinski definition) is 2. The number of nitrogens with one attached hydrogen (secondary N) is 2. The van der Waals surface area contributed by atoms with Crippen molar-refractivity contribution in [1.82, 2.24) is 15.0 Å². The van der Waals surface area contributed by atoms with E-state index in [0.717, 1.165) is 0 Å². The molecule has 1 fully saturated rings. The minimum absolute atomic E-state index is 0.0376. The van der Waals surface area contributed by atoms with E-state index in [1.165, 1.54) is 26.4 Å². The van der Waals surface area contributed by atoms with Gasteiger partial charge in [-0.1, -0.05) is 13.8 Å². The predicted molar refractivity (Wildman–Crippen MR) is 159 cm³/mol. The van der Waals surface area contributed by atoms with Crippen LogP contribution in [0.15, 0.2) is 73.2 Å². The number of carbonyl (C=O) groups excluding carboxylic acids is 2. The summed E-state index contributed by atoms with van der Waals surface area (Å²) in [5.74, 6) is -1.16. The molecule has 0 spiro atoms. The maximum Gasteiger partial charge on any atom is 0.228 e. The molecule has 10 nitrogen and oxygen atoms in total. The second-order valence-corrected chi connectivity index (χ2v) is 10.8. The van der Waals surface area contributed by atoms with Gasteiger partial charge in [0.1, 0.15) is 5.75 Å². The van der Waals surface area contributed by atoms with Crippen molar-refractivity contribution in [2.24, 2.45) is 17.3 Å². The van der Waals surface area contributed by atoms with Crippen molar-refractivity contribution >= 4 is 45.1 Å². The van der Waals surface area contributed by atoms with Gasteiger partial charge in [0, 0.05) is 47.5 Å². The van der Waals surface area contributed by atoms with Crippen LogP contribution < -0.4 is 24.8 Å². The Labute approximate surface area is 246 Å². The number of amides is 2. The number of fused-ring (bicyclic) bond motifs is 2. The van der Waals surface area contributed by atoms with E-state index in [1.807, 2.05) is 13.8 Å². The predicted octanol–water partition coefficient (Wildman–Crippen LogP) is 5.98. The summed E-state index contributed by atoms with van der Waals surface area (Å²) < 4.78 is 31.8. The molecule has 0 radical (unpaired) electrons. The van der Waals surface area contributed by atoms with Crippen molar-refractivity contribution in [2.75, 3.05) is 24.9 Å². The van der Waals surface area contributed by atoms with E-state index in [-0.39, 0.29) is 23.3 Å². The molecule has 2 heterocycles. The fraction of sp³-hybridized carbons (Fsp3) is 0.219. The van der Waals surface area contributed by atoms with E-state index in [9.17, 15) is 9.59 Å². The molecule has 1 saturated carbocycles. The van der Waals surface area contributed by atoms with Gasteiger partial charge in [-0.2, -0.15) is 0 Å². The van der Waals surface area contributed by atoms with E-state index in [4.69, 9.17) is 14.2 Å². The van der Waals surface area contributed by atoms with Crippen LogP contribution in [0.25, 0.3) is 21.9 Å². The van der Waals surface area contributed by atoms with E-state index >= 15 is 4.39 Å². The van der Waals surface area contributed by atoms with Crippen molar-refractivity contribution in [3.05, 3.63) is 79.0 Å². The lowest BCUT2D eigenvalue weighted by atomic mass is 10.1. The molecule has 0 unspecified atom stereocenters. The number of rotatable bonds is 8. The standard InChI is InChI=1S/C32H28FN5O5/c1-32(2)28(29(32)31(40)38-18-5-7-21-23(14-18)36-12-11-35-21)30(39)37-17-6-8-25(20(33)13-17)43-24-9-10-34-22-16-27(42-4)26(41-3)15-19(22)24/h5-16,28-29H,1-4H3,(H,37,39)(H,38,40)/t28-,29+/m1/s1. The van der Waals surface area contributed by atoms with Gasteiger partial charge in [0.15, 0.2) is 23.1 Å². The Morgan fingerprint density at radius 3 is 1.98 bits per heavy atom. The zero-order valence-electron chi connectivity index (χ0n) is 23.8. The summed E-state index contributed by atoms with van der Waals surface area (Å²) in [6, 6.07) is 14.4. The van der Waals surface area contributed by atoms with E-state index < -0.39 is 23.1 Å². The summed E-state index contributed by atoms with van der Waals surface area (Å²) in [4.78, 5) is 39.1. The summed E-state index contributed by atoms with van der Waals surface area (Å²) in [5.41, 5.74) is 2.17. The van der Waals surface area contributed by atoms with E-state index in [2.05, 4.69) is 25.6 Å². The summed E-state index contributed by atoms with van der Waals surface area (Å²) in [7, 11) is 3.05. The highest BCUT2D eigenvalue weighted by Crippen LogP contribution is 2.59. The first kappa shape index (κ1) is 27.8. The quantitative estimate of drug-likeness (QED) is 0.230. The molecule has 2 amide bonds. The molecule has 2 N–H and O–H groups in total. The second-order valence-electron chi connectivity index (χ2n) is 10.8. The molecule has 11 heteroatoms. The average Bonchev–Trinajstić information content (AvgIpc) is 3.59.